The molecule has 4 rings (SSSR count). The van der Waals surface area contributed by atoms with Gasteiger partial charge < -0.3 is 15.4 Å². The zero-order chi connectivity index (χ0) is 20.6. The Morgan fingerprint density at radius 3 is 2.59 bits per heavy atom. The molecule has 0 radical (unpaired) electrons. The third-order valence-corrected chi connectivity index (χ3v) is 5.07. The Balaban J connectivity index is 1.72. The first-order valence-corrected chi connectivity index (χ1v) is 9.38. The number of benzene rings is 2. The number of nitrogens with zero attached hydrogens (tertiary/aromatic N) is 3. The van der Waals surface area contributed by atoms with Gasteiger partial charge in [0.2, 0.25) is 0 Å². The van der Waals surface area contributed by atoms with Crippen LogP contribution in [0.2, 0.25) is 0 Å². The Labute approximate surface area is 166 Å². The monoisotopic (exact) mass is 402 g/mol. The van der Waals surface area contributed by atoms with Crippen LogP contribution in [0.25, 0.3) is 22.3 Å². The van der Waals surface area contributed by atoms with Crippen molar-refractivity contribution in [3.8, 4) is 17.1 Å². The van der Waals surface area contributed by atoms with E-state index in [-0.39, 0.29) is 23.2 Å². The van der Waals surface area contributed by atoms with E-state index in [9.17, 15) is 13.2 Å². The van der Waals surface area contributed by atoms with Crippen molar-refractivity contribution < 1.29 is 17.9 Å². The number of piperidine rings is 1. The highest BCUT2D eigenvalue weighted by molar-refractivity contribution is 5.82. The number of nitrogen functional groups attached to an aromatic ring is 1. The lowest BCUT2D eigenvalue weighted by atomic mass is 10.1. The molecule has 0 atom stereocenters. The predicted octanol–water partition coefficient (Wildman–Crippen LogP) is 4.37. The molecule has 2 heterocycles. The van der Waals surface area contributed by atoms with Gasteiger partial charge in [-0.2, -0.15) is 13.2 Å². The largest absolute Gasteiger partial charge is 0.490 e. The lowest BCUT2D eigenvalue weighted by Gasteiger charge is -2.29. The van der Waals surface area contributed by atoms with Crippen LogP contribution in [-0.2, 0) is 6.18 Å². The summed E-state index contributed by atoms with van der Waals surface area (Å²) < 4.78 is 46.3. The molecule has 0 spiro atoms. The molecule has 0 bridgehead atoms. The van der Waals surface area contributed by atoms with Gasteiger partial charge in [0.15, 0.2) is 5.82 Å². The highest BCUT2D eigenvalue weighted by atomic mass is 19.4. The van der Waals surface area contributed by atoms with Crippen LogP contribution in [0, 0.1) is 0 Å². The highest BCUT2D eigenvalue weighted by Crippen LogP contribution is 2.36. The molecule has 152 valence electrons. The number of aromatic nitrogens is 2. The average molecular weight is 402 g/mol. The fourth-order valence-electron chi connectivity index (χ4n) is 3.43. The molecule has 0 amide bonds. The van der Waals surface area contributed by atoms with E-state index in [1.807, 2.05) is 7.05 Å². The van der Waals surface area contributed by atoms with Gasteiger partial charge in [-0.05, 0) is 56.3 Å². The van der Waals surface area contributed by atoms with Crippen molar-refractivity contribution in [1.82, 2.24) is 14.9 Å². The summed E-state index contributed by atoms with van der Waals surface area (Å²) in [4.78, 5) is 10.8. The summed E-state index contributed by atoms with van der Waals surface area (Å²) >= 11 is 0. The summed E-state index contributed by atoms with van der Waals surface area (Å²) in [6.45, 7) is 1.71. The fraction of sp³-hybridized carbons (Fsp3) is 0.333. The summed E-state index contributed by atoms with van der Waals surface area (Å²) in [5, 5.41) is 0.762. The number of hydrogen-bond acceptors (Lipinski definition) is 5. The predicted molar refractivity (Wildman–Crippen MR) is 106 cm³/mol. The van der Waals surface area contributed by atoms with Crippen molar-refractivity contribution in [3.05, 3.63) is 48.2 Å². The van der Waals surface area contributed by atoms with Crippen molar-refractivity contribution in [2.45, 2.75) is 25.1 Å². The lowest BCUT2D eigenvalue weighted by Crippen LogP contribution is -2.35. The molecule has 1 aromatic heterocycles. The SMILES string of the molecule is CN1CCC(Oc2cc(-c3ncc4ccc(N)cc4n3)cc(C(F)(F)F)c2)CC1. The third kappa shape index (κ3) is 4.42. The molecular weight excluding hydrogens is 381 g/mol. The van der Waals surface area contributed by atoms with Crippen molar-refractivity contribution >= 4 is 16.6 Å². The molecule has 0 unspecified atom stereocenters. The molecule has 0 saturated carbocycles. The Hall–Kier alpha value is -2.87. The topological polar surface area (TPSA) is 64.3 Å². The molecular formula is C21H21F3N4O. The van der Waals surface area contributed by atoms with E-state index in [1.54, 1.807) is 30.5 Å². The minimum Gasteiger partial charge on any atom is -0.490 e. The number of rotatable bonds is 3. The minimum atomic E-state index is -4.50. The van der Waals surface area contributed by atoms with Crippen LogP contribution >= 0.6 is 0 Å². The van der Waals surface area contributed by atoms with Crippen molar-refractivity contribution in [2.75, 3.05) is 25.9 Å². The fourth-order valence-corrected chi connectivity index (χ4v) is 3.43. The van der Waals surface area contributed by atoms with Gasteiger partial charge in [0, 0.05) is 35.9 Å². The normalized spacial score (nSPS) is 16.3. The summed E-state index contributed by atoms with van der Waals surface area (Å²) in [6.07, 6.45) is -1.49. The molecule has 0 aliphatic carbocycles. The second-order valence-corrected chi connectivity index (χ2v) is 7.38. The minimum absolute atomic E-state index is 0.111. The molecule has 2 N–H and O–H groups in total. The number of hydrogen-bond donors (Lipinski definition) is 1. The van der Waals surface area contributed by atoms with Crippen molar-refractivity contribution in [1.29, 1.82) is 0 Å². The highest BCUT2D eigenvalue weighted by Gasteiger charge is 2.32. The molecule has 29 heavy (non-hydrogen) atoms. The van der Waals surface area contributed by atoms with Gasteiger partial charge in [0.25, 0.3) is 0 Å². The number of ether oxygens (including phenoxy) is 1. The average Bonchev–Trinajstić information content (AvgIpc) is 2.68. The van der Waals surface area contributed by atoms with Gasteiger partial charge in [-0.25, -0.2) is 9.97 Å². The summed E-state index contributed by atoms with van der Waals surface area (Å²) in [7, 11) is 2.02. The lowest BCUT2D eigenvalue weighted by molar-refractivity contribution is -0.137. The Morgan fingerprint density at radius 2 is 1.86 bits per heavy atom. The maximum Gasteiger partial charge on any atom is 0.416 e. The smallest absolute Gasteiger partial charge is 0.416 e. The Kier molecular flexibility index (Phi) is 5.04. The second-order valence-electron chi connectivity index (χ2n) is 7.38. The first-order valence-electron chi connectivity index (χ1n) is 9.38. The zero-order valence-electron chi connectivity index (χ0n) is 15.9. The summed E-state index contributed by atoms with van der Waals surface area (Å²) in [6, 6.07) is 8.83. The van der Waals surface area contributed by atoms with Crippen LogP contribution in [0.1, 0.15) is 18.4 Å². The van der Waals surface area contributed by atoms with Crippen molar-refractivity contribution in [2.24, 2.45) is 0 Å². The van der Waals surface area contributed by atoms with Crippen LogP contribution in [0.5, 0.6) is 5.75 Å². The maximum atomic E-state index is 13.5. The third-order valence-electron chi connectivity index (χ3n) is 5.07. The van der Waals surface area contributed by atoms with Gasteiger partial charge in [-0.1, -0.05) is 0 Å². The van der Waals surface area contributed by atoms with Crippen LogP contribution < -0.4 is 10.5 Å². The van der Waals surface area contributed by atoms with Crippen LogP contribution in [0.15, 0.2) is 42.6 Å². The van der Waals surface area contributed by atoms with E-state index < -0.39 is 11.7 Å². The van der Waals surface area contributed by atoms with E-state index >= 15 is 0 Å². The van der Waals surface area contributed by atoms with E-state index in [4.69, 9.17) is 10.5 Å². The molecule has 3 aromatic rings. The standard InChI is InChI=1S/C21H21F3N4O/c1-28-6-4-17(5-7-28)29-18-9-14(8-15(10-18)21(22,23)24)20-26-12-13-2-3-16(25)11-19(13)27-20/h2-3,8-12,17H,4-7,25H2,1H3. The van der Waals surface area contributed by atoms with Crippen LogP contribution in [0.3, 0.4) is 0 Å². The molecule has 1 saturated heterocycles. The molecule has 1 aliphatic heterocycles. The van der Waals surface area contributed by atoms with Gasteiger partial charge in [-0.3, -0.25) is 0 Å². The summed E-state index contributed by atoms with van der Waals surface area (Å²) in [5.74, 6) is 0.378. The summed E-state index contributed by atoms with van der Waals surface area (Å²) in [5.41, 5.74) is 6.37. The van der Waals surface area contributed by atoms with Crippen LogP contribution in [-0.4, -0.2) is 41.1 Å². The molecule has 1 fully saturated rings. The quantitative estimate of drug-likeness (QED) is 0.659. The van der Waals surface area contributed by atoms with Crippen molar-refractivity contribution in [3.63, 3.8) is 0 Å². The van der Waals surface area contributed by atoms with Crippen LogP contribution in [0.4, 0.5) is 18.9 Å². The first-order chi connectivity index (χ1) is 13.8. The second kappa shape index (κ2) is 7.51. The number of nitrogens with two attached hydrogens (primary N) is 1. The van der Waals surface area contributed by atoms with E-state index in [0.717, 1.165) is 43.5 Å². The number of anilines is 1. The molecule has 8 heteroatoms. The van der Waals surface area contributed by atoms with E-state index in [0.29, 0.717) is 11.2 Å². The van der Waals surface area contributed by atoms with Gasteiger partial charge >= 0.3 is 6.18 Å². The zero-order valence-corrected chi connectivity index (χ0v) is 15.9. The van der Waals surface area contributed by atoms with Gasteiger partial charge in [-0.15, -0.1) is 0 Å². The van der Waals surface area contributed by atoms with Gasteiger partial charge in [0.05, 0.1) is 11.1 Å². The molecule has 2 aromatic carbocycles. The number of halogens is 3. The maximum absolute atomic E-state index is 13.5. The van der Waals surface area contributed by atoms with E-state index in [1.165, 1.54) is 0 Å². The molecule has 5 nitrogen and oxygen atoms in total. The number of alkyl halides is 3. The Morgan fingerprint density at radius 1 is 1.10 bits per heavy atom. The number of fused-ring (bicyclic) bond motifs is 1. The first kappa shape index (κ1) is 19.4. The number of likely N-dealkylation sites (tertiary alicyclic amines) is 1. The van der Waals surface area contributed by atoms with E-state index in [2.05, 4.69) is 14.9 Å². The Bertz CT molecular complexity index is 1030. The molecule has 1 aliphatic rings. The van der Waals surface area contributed by atoms with Gasteiger partial charge in [0.1, 0.15) is 11.9 Å².